The van der Waals surface area contributed by atoms with Gasteiger partial charge in [0.15, 0.2) is 0 Å². The first kappa shape index (κ1) is 17.8. The van der Waals surface area contributed by atoms with Crippen LogP contribution in [0.3, 0.4) is 0 Å². The first-order valence-electron chi connectivity index (χ1n) is 7.88. The van der Waals surface area contributed by atoms with E-state index in [1.165, 1.54) is 0 Å². The number of carboxylic acid groups (broad SMARTS) is 1. The summed E-state index contributed by atoms with van der Waals surface area (Å²) in [6.45, 7) is 11.1. The number of carbonyl (C=O) groups excluding carboxylic acids is 1. The van der Waals surface area contributed by atoms with Crippen LogP contribution in [0, 0.1) is 11.8 Å². The van der Waals surface area contributed by atoms with E-state index in [0.717, 1.165) is 32.7 Å². The van der Waals surface area contributed by atoms with Gasteiger partial charge in [-0.3, -0.25) is 9.69 Å². The Morgan fingerprint density at radius 3 is 2.29 bits per heavy atom. The van der Waals surface area contributed by atoms with Gasteiger partial charge in [0.1, 0.15) is 0 Å². The SMILES string of the molecule is CC(C)CN1CCN(C(=O)NCCCC(C)C(=O)O)CC1. The van der Waals surface area contributed by atoms with Crippen molar-refractivity contribution in [1.82, 2.24) is 15.1 Å². The van der Waals surface area contributed by atoms with Crippen molar-refractivity contribution in [2.45, 2.75) is 33.6 Å². The van der Waals surface area contributed by atoms with Crippen molar-refractivity contribution in [2.24, 2.45) is 11.8 Å². The molecule has 0 radical (unpaired) electrons. The highest BCUT2D eigenvalue weighted by molar-refractivity contribution is 5.74. The van der Waals surface area contributed by atoms with Crippen molar-refractivity contribution in [1.29, 1.82) is 0 Å². The molecular weight excluding hydrogens is 270 g/mol. The van der Waals surface area contributed by atoms with Crippen LogP contribution < -0.4 is 5.32 Å². The Morgan fingerprint density at radius 2 is 1.76 bits per heavy atom. The number of urea groups is 1. The molecule has 6 heteroatoms. The zero-order chi connectivity index (χ0) is 15.8. The molecule has 1 atom stereocenters. The molecule has 1 rings (SSSR count). The lowest BCUT2D eigenvalue weighted by molar-refractivity contribution is -0.141. The number of hydrogen-bond donors (Lipinski definition) is 2. The predicted molar refractivity (Wildman–Crippen MR) is 82.3 cm³/mol. The lowest BCUT2D eigenvalue weighted by Crippen LogP contribution is -2.52. The molecule has 0 aromatic rings. The minimum Gasteiger partial charge on any atom is -0.481 e. The molecule has 1 aliphatic rings. The Kier molecular flexibility index (Phi) is 7.50. The minimum atomic E-state index is -0.775. The number of carboxylic acids is 1. The molecule has 2 N–H and O–H groups in total. The lowest BCUT2D eigenvalue weighted by Gasteiger charge is -2.35. The van der Waals surface area contributed by atoms with Crippen LogP contribution in [-0.2, 0) is 4.79 Å². The third-order valence-electron chi connectivity index (χ3n) is 3.79. The lowest BCUT2D eigenvalue weighted by atomic mass is 10.1. The third kappa shape index (κ3) is 6.80. The summed E-state index contributed by atoms with van der Waals surface area (Å²) in [7, 11) is 0. The maximum Gasteiger partial charge on any atom is 0.317 e. The fraction of sp³-hybridized carbons (Fsp3) is 0.867. The minimum absolute atomic E-state index is 0.0258. The van der Waals surface area contributed by atoms with E-state index in [1.54, 1.807) is 6.92 Å². The van der Waals surface area contributed by atoms with Gasteiger partial charge >= 0.3 is 12.0 Å². The fourth-order valence-electron chi connectivity index (χ4n) is 2.49. The molecule has 122 valence electrons. The monoisotopic (exact) mass is 299 g/mol. The third-order valence-corrected chi connectivity index (χ3v) is 3.79. The van der Waals surface area contributed by atoms with Crippen molar-refractivity contribution in [3.05, 3.63) is 0 Å². The van der Waals surface area contributed by atoms with Crippen molar-refractivity contribution in [2.75, 3.05) is 39.3 Å². The van der Waals surface area contributed by atoms with E-state index in [9.17, 15) is 9.59 Å². The molecule has 1 fully saturated rings. The molecule has 1 aliphatic heterocycles. The van der Waals surface area contributed by atoms with Gasteiger partial charge in [-0.25, -0.2) is 4.79 Å². The molecule has 0 aliphatic carbocycles. The smallest absolute Gasteiger partial charge is 0.317 e. The topological polar surface area (TPSA) is 72.9 Å². The second-order valence-electron chi connectivity index (χ2n) is 6.29. The van der Waals surface area contributed by atoms with Crippen molar-refractivity contribution < 1.29 is 14.7 Å². The van der Waals surface area contributed by atoms with E-state index in [0.29, 0.717) is 25.3 Å². The standard InChI is InChI=1S/C15H29N3O3/c1-12(2)11-17-7-9-18(10-8-17)15(21)16-6-4-5-13(3)14(19)20/h12-13H,4-11H2,1-3H3,(H,16,21)(H,19,20). The van der Waals surface area contributed by atoms with Crippen LogP contribution in [0.5, 0.6) is 0 Å². The molecule has 0 spiro atoms. The molecule has 2 amide bonds. The van der Waals surface area contributed by atoms with Crippen LogP contribution >= 0.6 is 0 Å². The number of nitrogens with zero attached hydrogens (tertiary/aromatic N) is 2. The Labute approximate surface area is 127 Å². The average molecular weight is 299 g/mol. The van der Waals surface area contributed by atoms with Crippen molar-refractivity contribution in [3.8, 4) is 0 Å². The Morgan fingerprint density at radius 1 is 1.14 bits per heavy atom. The molecule has 0 saturated carbocycles. The highest BCUT2D eigenvalue weighted by Gasteiger charge is 2.21. The summed E-state index contributed by atoms with van der Waals surface area (Å²) in [6, 6.07) is -0.0258. The largest absolute Gasteiger partial charge is 0.481 e. The van der Waals surface area contributed by atoms with E-state index >= 15 is 0 Å². The summed E-state index contributed by atoms with van der Waals surface area (Å²) in [5.74, 6) is -0.467. The zero-order valence-corrected chi connectivity index (χ0v) is 13.5. The number of hydrogen-bond acceptors (Lipinski definition) is 3. The summed E-state index contributed by atoms with van der Waals surface area (Å²) in [5, 5.41) is 11.7. The molecule has 1 unspecified atom stereocenters. The van der Waals surface area contributed by atoms with Crippen LogP contribution in [0.25, 0.3) is 0 Å². The predicted octanol–water partition coefficient (Wildman–Crippen LogP) is 1.47. The number of amides is 2. The van der Waals surface area contributed by atoms with E-state index in [1.807, 2.05) is 4.90 Å². The van der Waals surface area contributed by atoms with Gasteiger partial charge in [-0.1, -0.05) is 20.8 Å². The number of piperazine rings is 1. The fourth-order valence-corrected chi connectivity index (χ4v) is 2.49. The number of rotatable bonds is 7. The first-order valence-corrected chi connectivity index (χ1v) is 7.88. The van der Waals surface area contributed by atoms with Gasteiger partial charge < -0.3 is 15.3 Å². The Bertz CT molecular complexity index is 339. The molecule has 6 nitrogen and oxygen atoms in total. The van der Waals surface area contributed by atoms with E-state index in [2.05, 4.69) is 24.1 Å². The van der Waals surface area contributed by atoms with Gasteiger partial charge in [0.2, 0.25) is 0 Å². The molecule has 0 aromatic heterocycles. The molecule has 0 aromatic carbocycles. The summed E-state index contributed by atoms with van der Waals surface area (Å²) < 4.78 is 0. The molecular formula is C15H29N3O3. The summed E-state index contributed by atoms with van der Waals surface area (Å²) in [5.41, 5.74) is 0. The molecule has 1 heterocycles. The normalized spacial score (nSPS) is 17.8. The van der Waals surface area contributed by atoms with Gasteiger partial charge in [0, 0.05) is 39.3 Å². The highest BCUT2D eigenvalue weighted by Crippen LogP contribution is 2.06. The van der Waals surface area contributed by atoms with Gasteiger partial charge in [0.05, 0.1) is 5.92 Å². The zero-order valence-electron chi connectivity index (χ0n) is 13.5. The van der Waals surface area contributed by atoms with Crippen LogP contribution in [0.15, 0.2) is 0 Å². The van der Waals surface area contributed by atoms with Crippen LogP contribution in [0.4, 0.5) is 4.79 Å². The second-order valence-corrected chi connectivity index (χ2v) is 6.29. The van der Waals surface area contributed by atoms with E-state index in [4.69, 9.17) is 5.11 Å². The molecule has 0 bridgehead atoms. The number of aliphatic carboxylic acids is 1. The Balaban J connectivity index is 2.15. The van der Waals surface area contributed by atoms with E-state index < -0.39 is 5.97 Å². The summed E-state index contributed by atoms with van der Waals surface area (Å²) in [6.07, 6.45) is 1.30. The number of nitrogens with one attached hydrogen (secondary N) is 1. The quantitative estimate of drug-likeness (QED) is 0.698. The maximum atomic E-state index is 12.0. The maximum absolute atomic E-state index is 12.0. The van der Waals surface area contributed by atoms with Gasteiger partial charge in [-0.2, -0.15) is 0 Å². The summed E-state index contributed by atoms with van der Waals surface area (Å²) >= 11 is 0. The van der Waals surface area contributed by atoms with Gasteiger partial charge in [-0.15, -0.1) is 0 Å². The van der Waals surface area contributed by atoms with Crippen LogP contribution in [-0.4, -0.2) is 66.2 Å². The van der Waals surface area contributed by atoms with Crippen LogP contribution in [0.1, 0.15) is 33.6 Å². The van der Waals surface area contributed by atoms with E-state index in [-0.39, 0.29) is 11.9 Å². The van der Waals surface area contributed by atoms with Gasteiger partial charge in [-0.05, 0) is 18.8 Å². The van der Waals surface area contributed by atoms with Gasteiger partial charge in [0.25, 0.3) is 0 Å². The van der Waals surface area contributed by atoms with Crippen LogP contribution in [0.2, 0.25) is 0 Å². The number of carbonyl (C=O) groups is 2. The highest BCUT2D eigenvalue weighted by atomic mass is 16.4. The second kappa shape index (κ2) is 8.87. The molecule has 1 saturated heterocycles. The molecule has 21 heavy (non-hydrogen) atoms. The van der Waals surface area contributed by atoms with Crippen molar-refractivity contribution in [3.63, 3.8) is 0 Å². The first-order chi connectivity index (χ1) is 9.90. The average Bonchev–Trinajstić information content (AvgIpc) is 2.43. The Hall–Kier alpha value is -1.30. The summed E-state index contributed by atoms with van der Waals surface area (Å²) in [4.78, 5) is 26.9. The van der Waals surface area contributed by atoms with Crippen molar-refractivity contribution >= 4 is 12.0 Å².